The monoisotopic (exact) mass is 385 g/mol. The number of hydrogen-bond donors (Lipinski definition) is 0. The van der Waals surface area contributed by atoms with Crippen LogP contribution in [0.4, 0.5) is 0 Å². The molecule has 21 heavy (non-hydrogen) atoms. The standard InChI is InChI=1S/C16H14BrCl2NO/c1-20(10-13-6-7-14(18)8-15(13)19)16(21)12-4-2-11(9-17)3-5-12/h2-8H,9-10H2,1H3. The van der Waals surface area contributed by atoms with Crippen LogP contribution in [0.5, 0.6) is 0 Å². The molecule has 0 saturated carbocycles. The number of halogens is 3. The average molecular weight is 387 g/mol. The zero-order valence-electron chi connectivity index (χ0n) is 11.4. The van der Waals surface area contributed by atoms with Gasteiger partial charge in [-0.1, -0.05) is 57.3 Å². The van der Waals surface area contributed by atoms with Gasteiger partial charge in [-0.3, -0.25) is 4.79 Å². The summed E-state index contributed by atoms with van der Waals surface area (Å²) in [5, 5.41) is 1.93. The molecule has 0 aliphatic heterocycles. The Bertz CT molecular complexity index is 643. The van der Waals surface area contributed by atoms with Gasteiger partial charge in [0.1, 0.15) is 0 Å². The molecule has 0 spiro atoms. The van der Waals surface area contributed by atoms with Crippen LogP contribution in [0, 0.1) is 0 Å². The third-order valence-corrected chi connectivity index (χ3v) is 4.36. The molecule has 0 saturated heterocycles. The molecule has 0 atom stereocenters. The molecule has 0 N–H and O–H groups in total. The summed E-state index contributed by atoms with van der Waals surface area (Å²) < 4.78 is 0. The Kier molecular flexibility index (Phi) is 5.68. The molecule has 0 unspecified atom stereocenters. The van der Waals surface area contributed by atoms with Crippen molar-refractivity contribution in [3.8, 4) is 0 Å². The maximum absolute atomic E-state index is 12.4. The van der Waals surface area contributed by atoms with E-state index >= 15 is 0 Å². The van der Waals surface area contributed by atoms with Crippen molar-refractivity contribution in [2.45, 2.75) is 11.9 Å². The third kappa shape index (κ3) is 4.22. The number of carbonyl (C=O) groups is 1. The van der Waals surface area contributed by atoms with Gasteiger partial charge in [-0.25, -0.2) is 0 Å². The molecule has 5 heteroatoms. The van der Waals surface area contributed by atoms with Crippen molar-refractivity contribution in [2.75, 3.05) is 7.05 Å². The van der Waals surface area contributed by atoms with Crippen LogP contribution in [0.2, 0.25) is 10.0 Å². The highest BCUT2D eigenvalue weighted by Crippen LogP contribution is 2.22. The summed E-state index contributed by atoms with van der Waals surface area (Å²) in [4.78, 5) is 14.0. The quantitative estimate of drug-likeness (QED) is 0.664. The minimum absolute atomic E-state index is 0.0397. The van der Waals surface area contributed by atoms with E-state index in [4.69, 9.17) is 23.2 Å². The first-order valence-electron chi connectivity index (χ1n) is 6.35. The lowest BCUT2D eigenvalue weighted by atomic mass is 10.1. The van der Waals surface area contributed by atoms with Gasteiger partial charge in [0.05, 0.1) is 0 Å². The van der Waals surface area contributed by atoms with E-state index in [0.717, 1.165) is 16.5 Å². The molecule has 2 nitrogen and oxygen atoms in total. The highest BCUT2D eigenvalue weighted by atomic mass is 79.9. The molecule has 2 aromatic rings. The van der Waals surface area contributed by atoms with Crippen molar-refractivity contribution in [1.29, 1.82) is 0 Å². The fourth-order valence-electron chi connectivity index (χ4n) is 1.93. The molecule has 2 rings (SSSR count). The fourth-order valence-corrected chi connectivity index (χ4v) is 2.78. The van der Waals surface area contributed by atoms with Crippen molar-refractivity contribution in [3.05, 3.63) is 69.2 Å². The Labute approximate surface area is 142 Å². The van der Waals surface area contributed by atoms with E-state index in [-0.39, 0.29) is 5.91 Å². The lowest BCUT2D eigenvalue weighted by molar-refractivity contribution is 0.0785. The van der Waals surface area contributed by atoms with Gasteiger partial charge >= 0.3 is 0 Å². The van der Waals surface area contributed by atoms with Crippen LogP contribution in [0.25, 0.3) is 0 Å². The predicted octanol–water partition coefficient (Wildman–Crippen LogP) is 5.16. The van der Waals surface area contributed by atoms with Crippen molar-refractivity contribution >= 4 is 45.0 Å². The van der Waals surface area contributed by atoms with Gasteiger partial charge in [0.25, 0.3) is 5.91 Å². The molecule has 0 fully saturated rings. The summed E-state index contributed by atoms with van der Waals surface area (Å²) in [6, 6.07) is 12.8. The first kappa shape index (κ1) is 16.3. The largest absolute Gasteiger partial charge is 0.337 e. The van der Waals surface area contributed by atoms with E-state index in [1.165, 1.54) is 0 Å². The smallest absolute Gasteiger partial charge is 0.253 e. The SMILES string of the molecule is CN(Cc1ccc(Cl)cc1Cl)C(=O)c1ccc(CBr)cc1. The minimum Gasteiger partial charge on any atom is -0.337 e. The van der Waals surface area contributed by atoms with Crippen LogP contribution in [0.3, 0.4) is 0 Å². The van der Waals surface area contributed by atoms with Gasteiger partial charge in [0.15, 0.2) is 0 Å². The van der Waals surface area contributed by atoms with Crippen LogP contribution in [0.15, 0.2) is 42.5 Å². The van der Waals surface area contributed by atoms with Crippen molar-refractivity contribution < 1.29 is 4.79 Å². The van der Waals surface area contributed by atoms with Crippen LogP contribution < -0.4 is 0 Å². The second-order valence-corrected chi connectivity index (χ2v) is 6.13. The Morgan fingerprint density at radius 1 is 1.14 bits per heavy atom. The number of carbonyl (C=O) groups excluding carboxylic acids is 1. The molecule has 1 amide bonds. The fraction of sp³-hybridized carbons (Fsp3) is 0.188. The maximum atomic E-state index is 12.4. The van der Waals surface area contributed by atoms with Gasteiger partial charge in [-0.05, 0) is 35.4 Å². The zero-order chi connectivity index (χ0) is 15.4. The van der Waals surface area contributed by atoms with Gasteiger partial charge in [-0.2, -0.15) is 0 Å². The number of hydrogen-bond acceptors (Lipinski definition) is 1. The van der Waals surface area contributed by atoms with E-state index in [1.807, 2.05) is 30.3 Å². The van der Waals surface area contributed by atoms with E-state index < -0.39 is 0 Å². The van der Waals surface area contributed by atoms with E-state index in [1.54, 1.807) is 24.1 Å². The van der Waals surface area contributed by atoms with Gasteiger partial charge < -0.3 is 4.90 Å². The van der Waals surface area contributed by atoms with Crippen LogP contribution in [-0.4, -0.2) is 17.9 Å². The second kappa shape index (κ2) is 7.30. The number of nitrogens with zero attached hydrogens (tertiary/aromatic N) is 1. The average Bonchev–Trinajstić information content (AvgIpc) is 2.49. The summed E-state index contributed by atoms with van der Waals surface area (Å²) in [5.74, 6) is -0.0397. The summed E-state index contributed by atoms with van der Waals surface area (Å²) in [6.45, 7) is 0.440. The Hall–Kier alpha value is -1.03. The first-order chi connectivity index (χ1) is 10.0. The molecular formula is C16H14BrCl2NO. The Balaban J connectivity index is 2.11. The number of alkyl halides is 1. The molecule has 0 aliphatic carbocycles. The van der Waals surface area contributed by atoms with Gasteiger partial charge in [0, 0.05) is 34.5 Å². The third-order valence-electron chi connectivity index (χ3n) is 3.12. The molecule has 0 heterocycles. The molecule has 2 aromatic carbocycles. The van der Waals surface area contributed by atoms with Crippen LogP contribution in [-0.2, 0) is 11.9 Å². The molecule has 0 aliphatic rings. The predicted molar refractivity (Wildman–Crippen MR) is 91.3 cm³/mol. The summed E-state index contributed by atoms with van der Waals surface area (Å²) in [7, 11) is 1.76. The molecule has 110 valence electrons. The van der Waals surface area contributed by atoms with Gasteiger partial charge in [-0.15, -0.1) is 0 Å². The van der Waals surface area contributed by atoms with Crippen LogP contribution in [0.1, 0.15) is 21.5 Å². The molecular weight excluding hydrogens is 373 g/mol. The van der Waals surface area contributed by atoms with Crippen molar-refractivity contribution in [2.24, 2.45) is 0 Å². The zero-order valence-corrected chi connectivity index (χ0v) is 14.5. The maximum Gasteiger partial charge on any atom is 0.253 e. The first-order valence-corrected chi connectivity index (χ1v) is 8.23. The molecule has 0 bridgehead atoms. The summed E-state index contributed by atoms with van der Waals surface area (Å²) >= 11 is 15.4. The lowest BCUT2D eigenvalue weighted by Crippen LogP contribution is -2.26. The van der Waals surface area contributed by atoms with E-state index in [9.17, 15) is 4.79 Å². The molecule has 0 radical (unpaired) electrons. The topological polar surface area (TPSA) is 20.3 Å². The van der Waals surface area contributed by atoms with Crippen LogP contribution >= 0.6 is 39.1 Å². The highest BCUT2D eigenvalue weighted by Gasteiger charge is 2.13. The second-order valence-electron chi connectivity index (χ2n) is 4.73. The summed E-state index contributed by atoms with van der Waals surface area (Å²) in [6.07, 6.45) is 0. The highest BCUT2D eigenvalue weighted by molar-refractivity contribution is 9.08. The van der Waals surface area contributed by atoms with Crippen molar-refractivity contribution in [1.82, 2.24) is 4.90 Å². The number of rotatable bonds is 4. The van der Waals surface area contributed by atoms with Gasteiger partial charge in [0.2, 0.25) is 0 Å². The van der Waals surface area contributed by atoms with Crippen molar-refractivity contribution in [3.63, 3.8) is 0 Å². The number of benzene rings is 2. The molecule has 0 aromatic heterocycles. The lowest BCUT2D eigenvalue weighted by Gasteiger charge is -2.18. The Morgan fingerprint density at radius 2 is 1.81 bits per heavy atom. The Morgan fingerprint density at radius 3 is 2.38 bits per heavy atom. The van der Waals surface area contributed by atoms with E-state index in [2.05, 4.69) is 15.9 Å². The van der Waals surface area contributed by atoms with E-state index in [0.29, 0.717) is 22.2 Å². The summed E-state index contributed by atoms with van der Waals surface area (Å²) in [5.41, 5.74) is 2.66. The minimum atomic E-state index is -0.0397. The number of amides is 1. The normalized spacial score (nSPS) is 10.5.